The Labute approximate surface area is 134 Å². The zero-order chi connectivity index (χ0) is 14.8. The molecule has 1 aromatic rings. The van der Waals surface area contributed by atoms with Gasteiger partial charge in [0.1, 0.15) is 0 Å². The molecule has 0 aliphatic rings. The van der Waals surface area contributed by atoms with Crippen LogP contribution in [0.3, 0.4) is 0 Å². The SMILES string of the molecule is CCOc1c(CNCCCOC(C)C)cccc1OC.Cl. The van der Waals surface area contributed by atoms with Gasteiger partial charge in [0.05, 0.1) is 19.8 Å². The van der Waals surface area contributed by atoms with Crippen molar-refractivity contribution >= 4 is 12.4 Å². The van der Waals surface area contributed by atoms with Crippen molar-refractivity contribution in [2.75, 3.05) is 26.9 Å². The van der Waals surface area contributed by atoms with E-state index in [1.807, 2.05) is 19.1 Å². The van der Waals surface area contributed by atoms with Gasteiger partial charge < -0.3 is 19.5 Å². The van der Waals surface area contributed by atoms with Gasteiger partial charge in [0.25, 0.3) is 0 Å². The van der Waals surface area contributed by atoms with Gasteiger partial charge in [-0.05, 0) is 39.8 Å². The Morgan fingerprint density at radius 1 is 1.24 bits per heavy atom. The number of nitrogens with one attached hydrogen (secondary N) is 1. The van der Waals surface area contributed by atoms with E-state index in [4.69, 9.17) is 14.2 Å². The van der Waals surface area contributed by atoms with E-state index in [2.05, 4.69) is 25.2 Å². The van der Waals surface area contributed by atoms with Crippen molar-refractivity contribution in [1.29, 1.82) is 0 Å². The summed E-state index contributed by atoms with van der Waals surface area (Å²) in [5, 5.41) is 3.41. The third kappa shape index (κ3) is 7.55. The molecule has 5 heteroatoms. The lowest BCUT2D eigenvalue weighted by atomic mass is 10.2. The summed E-state index contributed by atoms with van der Waals surface area (Å²) in [5.41, 5.74) is 1.12. The largest absolute Gasteiger partial charge is 0.493 e. The molecule has 1 rings (SSSR count). The second-order valence-corrected chi connectivity index (χ2v) is 4.83. The number of ether oxygens (including phenoxy) is 3. The van der Waals surface area contributed by atoms with Crippen LogP contribution >= 0.6 is 12.4 Å². The van der Waals surface area contributed by atoms with Gasteiger partial charge in [0.15, 0.2) is 11.5 Å². The molecule has 0 amide bonds. The minimum atomic E-state index is 0. The first kappa shape index (κ1) is 20.0. The highest BCUT2D eigenvalue weighted by Gasteiger charge is 2.09. The van der Waals surface area contributed by atoms with Gasteiger partial charge in [-0.3, -0.25) is 0 Å². The zero-order valence-electron chi connectivity index (χ0n) is 13.5. The lowest BCUT2D eigenvalue weighted by molar-refractivity contribution is 0.0770. The molecular weight excluding hydrogens is 290 g/mol. The Kier molecular flexibility index (Phi) is 11.1. The minimum Gasteiger partial charge on any atom is -0.493 e. The molecule has 122 valence electrons. The van der Waals surface area contributed by atoms with Crippen LogP contribution in [0.1, 0.15) is 32.8 Å². The summed E-state index contributed by atoms with van der Waals surface area (Å²) in [5.74, 6) is 1.62. The summed E-state index contributed by atoms with van der Waals surface area (Å²) >= 11 is 0. The first-order valence-electron chi connectivity index (χ1n) is 7.30. The van der Waals surface area contributed by atoms with Crippen LogP contribution in [0.2, 0.25) is 0 Å². The van der Waals surface area contributed by atoms with Gasteiger partial charge >= 0.3 is 0 Å². The second-order valence-electron chi connectivity index (χ2n) is 4.83. The molecule has 0 unspecified atom stereocenters. The number of benzene rings is 1. The second kappa shape index (κ2) is 11.7. The Morgan fingerprint density at radius 2 is 2.00 bits per heavy atom. The summed E-state index contributed by atoms with van der Waals surface area (Å²) in [6.07, 6.45) is 1.31. The van der Waals surface area contributed by atoms with Crippen LogP contribution in [-0.4, -0.2) is 33.0 Å². The van der Waals surface area contributed by atoms with E-state index < -0.39 is 0 Å². The van der Waals surface area contributed by atoms with Crippen LogP contribution in [0.15, 0.2) is 18.2 Å². The highest BCUT2D eigenvalue weighted by atomic mass is 35.5. The van der Waals surface area contributed by atoms with Gasteiger partial charge in [-0.2, -0.15) is 0 Å². The topological polar surface area (TPSA) is 39.7 Å². The molecule has 1 aromatic carbocycles. The highest BCUT2D eigenvalue weighted by molar-refractivity contribution is 5.85. The van der Waals surface area contributed by atoms with Gasteiger partial charge in [-0.25, -0.2) is 0 Å². The Morgan fingerprint density at radius 3 is 2.62 bits per heavy atom. The molecular formula is C16H28ClNO3. The van der Waals surface area contributed by atoms with Crippen molar-refractivity contribution in [2.45, 2.75) is 39.8 Å². The molecule has 4 nitrogen and oxygen atoms in total. The average Bonchev–Trinajstić information content (AvgIpc) is 2.44. The quantitative estimate of drug-likeness (QED) is 0.671. The summed E-state index contributed by atoms with van der Waals surface area (Å²) in [6, 6.07) is 5.97. The molecule has 0 bridgehead atoms. The Balaban J connectivity index is 0.00000400. The van der Waals surface area contributed by atoms with Crippen molar-refractivity contribution in [2.24, 2.45) is 0 Å². The van der Waals surface area contributed by atoms with Crippen LogP contribution in [0.4, 0.5) is 0 Å². The summed E-state index contributed by atoms with van der Waals surface area (Å²) in [7, 11) is 1.66. The maximum atomic E-state index is 5.68. The van der Waals surface area contributed by atoms with E-state index in [1.54, 1.807) is 7.11 Å². The Bertz CT molecular complexity index is 386. The normalized spacial score (nSPS) is 10.3. The molecule has 0 atom stereocenters. The van der Waals surface area contributed by atoms with Gasteiger partial charge in [-0.1, -0.05) is 12.1 Å². The van der Waals surface area contributed by atoms with Crippen LogP contribution < -0.4 is 14.8 Å². The maximum Gasteiger partial charge on any atom is 0.165 e. The standard InChI is InChI=1S/C16H27NO3.ClH/c1-5-19-16-14(8-6-9-15(16)18-4)12-17-10-7-11-20-13(2)3;/h6,8-9,13,17H,5,7,10-12H2,1-4H3;1H. The molecule has 0 aromatic heterocycles. The fourth-order valence-corrected chi connectivity index (χ4v) is 1.91. The van der Waals surface area contributed by atoms with E-state index in [0.29, 0.717) is 12.7 Å². The number of rotatable bonds is 10. The molecule has 21 heavy (non-hydrogen) atoms. The van der Waals surface area contributed by atoms with Crippen molar-refractivity contribution < 1.29 is 14.2 Å². The van der Waals surface area contributed by atoms with Gasteiger partial charge in [0, 0.05) is 18.7 Å². The van der Waals surface area contributed by atoms with Crippen LogP contribution in [0, 0.1) is 0 Å². The molecule has 0 saturated carbocycles. The average molecular weight is 318 g/mol. The molecule has 0 heterocycles. The molecule has 0 radical (unpaired) electrons. The third-order valence-electron chi connectivity index (χ3n) is 2.83. The smallest absolute Gasteiger partial charge is 0.165 e. The van der Waals surface area contributed by atoms with E-state index in [1.165, 1.54) is 0 Å². The lowest BCUT2D eigenvalue weighted by Gasteiger charge is -2.14. The van der Waals surface area contributed by atoms with Crippen molar-refractivity contribution in [3.8, 4) is 11.5 Å². The van der Waals surface area contributed by atoms with Gasteiger partial charge in [0.2, 0.25) is 0 Å². The highest BCUT2D eigenvalue weighted by Crippen LogP contribution is 2.30. The fraction of sp³-hybridized carbons (Fsp3) is 0.625. The monoisotopic (exact) mass is 317 g/mol. The molecule has 0 aliphatic heterocycles. The maximum absolute atomic E-state index is 5.68. The van der Waals surface area contributed by atoms with E-state index in [0.717, 1.165) is 43.2 Å². The summed E-state index contributed by atoms with van der Waals surface area (Å²) in [4.78, 5) is 0. The Hall–Kier alpha value is -0.970. The zero-order valence-corrected chi connectivity index (χ0v) is 14.3. The number of hydrogen-bond donors (Lipinski definition) is 1. The number of para-hydroxylation sites is 1. The molecule has 1 N–H and O–H groups in total. The summed E-state index contributed by atoms with van der Waals surface area (Å²) < 4.78 is 16.5. The summed E-state index contributed by atoms with van der Waals surface area (Å²) in [6.45, 7) is 9.21. The van der Waals surface area contributed by atoms with E-state index in [9.17, 15) is 0 Å². The number of halogens is 1. The predicted molar refractivity (Wildman–Crippen MR) is 88.8 cm³/mol. The lowest BCUT2D eigenvalue weighted by Crippen LogP contribution is -2.18. The third-order valence-corrected chi connectivity index (χ3v) is 2.83. The molecule has 0 spiro atoms. The molecule has 0 fully saturated rings. The van der Waals surface area contributed by atoms with Crippen molar-refractivity contribution in [1.82, 2.24) is 5.32 Å². The van der Waals surface area contributed by atoms with Crippen molar-refractivity contribution in [3.63, 3.8) is 0 Å². The van der Waals surface area contributed by atoms with Crippen LogP contribution in [0.25, 0.3) is 0 Å². The van der Waals surface area contributed by atoms with Crippen molar-refractivity contribution in [3.05, 3.63) is 23.8 Å². The van der Waals surface area contributed by atoms with Crippen LogP contribution in [0.5, 0.6) is 11.5 Å². The fourth-order valence-electron chi connectivity index (χ4n) is 1.91. The predicted octanol–water partition coefficient (Wildman–Crippen LogP) is 3.42. The molecule has 0 saturated heterocycles. The minimum absolute atomic E-state index is 0. The molecule has 0 aliphatic carbocycles. The van der Waals surface area contributed by atoms with E-state index in [-0.39, 0.29) is 12.4 Å². The number of hydrogen-bond acceptors (Lipinski definition) is 4. The van der Waals surface area contributed by atoms with E-state index >= 15 is 0 Å². The first-order valence-corrected chi connectivity index (χ1v) is 7.30. The number of methoxy groups -OCH3 is 1. The van der Waals surface area contributed by atoms with Crippen LogP contribution in [-0.2, 0) is 11.3 Å². The van der Waals surface area contributed by atoms with Gasteiger partial charge in [-0.15, -0.1) is 12.4 Å². The first-order chi connectivity index (χ1) is 9.69.